The van der Waals surface area contributed by atoms with Gasteiger partial charge in [-0.15, -0.1) is 0 Å². The molecule has 3 aromatic rings. The van der Waals surface area contributed by atoms with Crippen LogP contribution >= 0.6 is 0 Å². The number of ether oxygens (including phenoxy) is 2. The number of anilines is 1. The van der Waals surface area contributed by atoms with Crippen LogP contribution < -0.4 is 15.9 Å². The maximum absolute atomic E-state index is 13.2. The zero-order valence-electron chi connectivity index (χ0n) is 17.3. The number of esters is 1. The van der Waals surface area contributed by atoms with Gasteiger partial charge in [0, 0.05) is 31.4 Å². The zero-order valence-corrected chi connectivity index (χ0v) is 17.3. The number of carbonyl (C=O) groups is 1. The van der Waals surface area contributed by atoms with Crippen molar-refractivity contribution in [1.82, 2.24) is 14.3 Å². The third kappa shape index (κ3) is 3.61. The van der Waals surface area contributed by atoms with Gasteiger partial charge >= 0.3 is 5.97 Å². The molecule has 2 N–H and O–H groups in total. The van der Waals surface area contributed by atoms with Crippen molar-refractivity contribution < 1.29 is 18.8 Å². The second kappa shape index (κ2) is 8.37. The number of morpholine rings is 1. The molecule has 0 bridgehead atoms. The molecule has 0 radical (unpaired) electrons. The summed E-state index contributed by atoms with van der Waals surface area (Å²) in [5.41, 5.74) is 8.24. The molecule has 0 aromatic carbocycles. The smallest absolute Gasteiger partial charge is 0.344 e. The molecular formula is C21H26N5O4+. The summed E-state index contributed by atoms with van der Waals surface area (Å²) in [5, 5.41) is 0.331. The molecule has 9 heteroatoms. The number of carbonyl (C=O) groups excluding carboxylic acids is 1. The average molecular weight is 412 g/mol. The highest BCUT2D eigenvalue weighted by Crippen LogP contribution is 2.17. The van der Waals surface area contributed by atoms with Crippen molar-refractivity contribution >= 4 is 28.5 Å². The minimum atomic E-state index is -0.550. The molecule has 1 aliphatic heterocycles. The second-order valence-electron chi connectivity index (χ2n) is 7.31. The number of aromatic nitrogens is 3. The summed E-state index contributed by atoms with van der Waals surface area (Å²) in [6.45, 7) is 8.08. The number of hydrogen-bond acceptors (Lipinski definition) is 7. The lowest BCUT2D eigenvalue weighted by Gasteiger charge is -2.26. The molecule has 9 nitrogen and oxygen atoms in total. The summed E-state index contributed by atoms with van der Waals surface area (Å²) in [7, 11) is 0. The standard InChI is InChI=1S/C21H25N5O4/c1-3-30-21(28)15-13-16-19(23-18-14(2)5-4-6-26(18)20(16)27)25(17(15)22)8-7-24-9-11-29-12-10-24/h4-6,13,22H,3,7-12H2,1-2H3/p+1. The molecule has 1 saturated heterocycles. The van der Waals surface area contributed by atoms with Gasteiger partial charge in [-0.25, -0.2) is 9.36 Å². The fourth-order valence-electron chi connectivity index (χ4n) is 3.78. The molecule has 0 aliphatic carbocycles. The summed E-state index contributed by atoms with van der Waals surface area (Å²) >= 11 is 0. The molecular weight excluding hydrogens is 386 g/mol. The van der Waals surface area contributed by atoms with E-state index in [4.69, 9.17) is 20.2 Å². The van der Waals surface area contributed by atoms with E-state index in [1.54, 1.807) is 23.8 Å². The Kier molecular flexibility index (Phi) is 5.65. The Morgan fingerprint density at radius 2 is 2.13 bits per heavy atom. The van der Waals surface area contributed by atoms with E-state index in [2.05, 4.69) is 4.90 Å². The minimum absolute atomic E-state index is 0.179. The first-order valence-electron chi connectivity index (χ1n) is 10.1. The van der Waals surface area contributed by atoms with Crippen LogP contribution in [0.3, 0.4) is 0 Å². The first-order valence-corrected chi connectivity index (χ1v) is 10.1. The molecule has 0 saturated carbocycles. The van der Waals surface area contributed by atoms with Gasteiger partial charge in [-0.1, -0.05) is 11.1 Å². The van der Waals surface area contributed by atoms with E-state index < -0.39 is 5.97 Å². The number of nitrogens with two attached hydrogens (primary N) is 1. The number of fused-ring (bicyclic) bond motifs is 2. The SMILES string of the molecule is CCOC(=O)c1cc2c(=O)n3cccc(C)c3nc2[n+](CCN2CCOCC2)c1N. The Morgan fingerprint density at radius 1 is 1.37 bits per heavy atom. The quantitative estimate of drug-likeness (QED) is 0.370. The molecule has 3 aromatic heterocycles. The third-order valence-electron chi connectivity index (χ3n) is 5.41. The number of rotatable bonds is 5. The lowest BCUT2D eigenvalue weighted by molar-refractivity contribution is -0.658. The van der Waals surface area contributed by atoms with E-state index in [0.717, 1.165) is 18.7 Å². The Bertz CT molecular complexity index is 1170. The number of nitrogen functional groups attached to an aromatic ring is 1. The summed E-state index contributed by atoms with van der Waals surface area (Å²) in [6, 6.07) is 5.20. The molecule has 0 atom stereocenters. The number of pyridine rings is 2. The average Bonchev–Trinajstić information content (AvgIpc) is 2.75. The summed E-state index contributed by atoms with van der Waals surface area (Å²) < 4.78 is 13.8. The van der Waals surface area contributed by atoms with Crippen LogP contribution in [0.1, 0.15) is 22.8 Å². The van der Waals surface area contributed by atoms with Crippen LogP contribution in [0.15, 0.2) is 29.2 Å². The van der Waals surface area contributed by atoms with Crippen LogP contribution in [0.5, 0.6) is 0 Å². The van der Waals surface area contributed by atoms with Crippen molar-refractivity contribution in [1.29, 1.82) is 0 Å². The van der Waals surface area contributed by atoms with Gasteiger partial charge in [0.15, 0.2) is 0 Å². The van der Waals surface area contributed by atoms with E-state index >= 15 is 0 Å². The Balaban J connectivity index is 1.91. The molecule has 158 valence electrons. The van der Waals surface area contributed by atoms with Gasteiger partial charge in [-0.2, -0.15) is 0 Å². The van der Waals surface area contributed by atoms with Crippen molar-refractivity contribution in [2.24, 2.45) is 0 Å². The fraction of sp³-hybridized carbons (Fsp3) is 0.429. The van der Waals surface area contributed by atoms with Crippen LogP contribution in [0.4, 0.5) is 5.82 Å². The van der Waals surface area contributed by atoms with Gasteiger partial charge in [0.1, 0.15) is 10.9 Å². The van der Waals surface area contributed by atoms with Crippen molar-refractivity contribution in [2.75, 3.05) is 45.2 Å². The number of aryl methyl sites for hydroxylation is 1. The topological polar surface area (TPSA) is 103 Å². The maximum atomic E-state index is 13.2. The Morgan fingerprint density at radius 3 is 2.87 bits per heavy atom. The minimum Gasteiger partial charge on any atom is -0.462 e. The first-order chi connectivity index (χ1) is 14.5. The van der Waals surface area contributed by atoms with Crippen molar-refractivity contribution in [3.8, 4) is 0 Å². The molecule has 4 heterocycles. The largest absolute Gasteiger partial charge is 0.462 e. The molecule has 1 fully saturated rings. The van der Waals surface area contributed by atoms with Crippen molar-refractivity contribution in [3.05, 3.63) is 45.9 Å². The van der Waals surface area contributed by atoms with E-state index in [1.165, 1.54) is 10.5 Å². The second-order valence-corrected chi connectivity index (χ2v) is 7.31. The van der Waals surface area contributed by atoms with Gasteiger partial charge in [-0.3, -0.25) is 14.1 Å². The van der Waals surface area contributed by atoms with Crippen LogP contribution in [0.25, 0.3) is 16.7 Å². The monoisotopic (exact) mass is 412 g/mol. The van der Waals surface area contributed by atoms with E-state index in [9.17, 15) is 9.59 Å². The molecule has 0 spiro atoms. The van der Waals surface area contributed by atoms with Crippen LogP contribution in [-0.4, -0.2) is 59.7 Å². The predicted octanol–water partition coefficient (Wildman–Crippen LogP) is 0.535. The Labute approximate surface area is 173 Å². The Hall–Kier alpha value is -3.04. The molecule has 0 amide bonds. The fourth-order valence-corrected chi connectivity index (χ4v) is 3.78. The van der Waals surface area contributed by atoms with Gasteiger partial charge in [0.25, 0.3) is 11.2 Å². The van der Waals surface area contributed by atoms with Gasteiger partial charge in [0.2, 0.25) is 11.5 Å². The highest BCUT2D eigenvalue weighted by molar-refractivity contribution is 5.96. The first kappa shape index (κ1) is 20.2. The molecule has 4 rings (SSSR count). The van der Waals surface area contributed by atoms with Crippen molar-refractivity contribution in [2.45, 2.75) is 20.4 Å². The lowest BCUT2D eigenvalue weighted by atomic mass is 10.2. The van der Waals surface area contributed by atoms with Gasteiger partial charge in [-0.05, 0) is 26.0 Å². The normalized spacial score (nSPS) is 15.0. The maximum Gasteiger partial charge on any atom is 0.344 e. The molecule has 1 aliphatic rings. The predicted molar refractivity (Wildman–Crippen MR) is 112 cm³/mol. The third-order valence-corrected chi connectivity index (χ3v) is 5.41. The van der Waals surface area contributed by atoms with Gasteiger partial charge in [0.05, 0.1) is 26.4 Å². The van der Waals surface area contributed by atoms with Crippen LogP contribution in [-0.2, 0) is 16.0 Å². The summed E-state index contributed by atoms with van der Waals surface area (Å²) in [4.78, 5) is 32.8. The van der Waals surface area contributed by atoms with E-state index in [-0.39, 0.29) is 23.5 Å². The highest BCUT2D eigenvalue weighted by atomic mass is 16.5. The summed E-state index contributed by atoms with van der Waals surface area (Å²) in [6.07, 6.45) is 1.68. The lowest BCUT2D eigenvalue weighted by Crippen LogP contribution is -2.48. The van der Waals surface area contributed by atoms with E-state index in [1.807, 2.05) is 13.0 Å². The molecule has 0 unspecified atom stereocenters. The summed E-state index contributed by atoms with van der Waals surface area (Å²) in [5.74, 6) is -0.301. The van der Waals surface area contributed by atoms with Crippen LogP contribution in [0.2, 0.25) is 0 Å². The van der Waals surface area contributed by atoms with Crippen LogP contribution in [0, 0.1) is 6.92 Å². The molecule has 30 heavy (non-hydrogen) atoms. The number of hydrogen-bond donors (Lipinski definition) is 1. The van der Waals surface area contributed by atoms with Gasteiger partial charge < -0.3 is 15.2 Å². The zero-order chi connectivity index (χ0) is 21.3. The van der Waals surface area contributed by atoms with E-state index in [0.29, 0.717) is 43.0 Å². The van der Waals surface area contributed by atoms with Crippen molar-refractivity contribution in [3.63, 3.8) is 0 Å². The number of nitrogens with zero attached hydrogens (tertiary/aromatic N) is 4. The highest BCUT2D eigenvalue weighted by Gasteiger charge is 2.26.